The van der Waals surface area contributed by atoms with Crippen LogP contribution in [-0.2, 0) is 18.0 Å². The lowest BCUT2D eigenvalue weighted by molar-refractivity contribution is 0.0234. The summed E-state index contributed by atoms with van der Waals surface area (Å²) in [7, 11) is 0. The molecule has 0 fully saturated rings. The number of nitrogens with two attached hydrogens (primary N) is 1. The molecule has 0 heterocycles. The van der Waals surface area contributed by atoms with Crippen molar-refractivity contribution in [3.63, 3.8) is 0 Å². The Bertz CT molecular complexity index is 833. The topological polar surface area (TPSA) is 64.4 Å². The van der Waals surface area contributed by atoms with E-state index in [0.717, 1.165) is 22.3 Å². The fraction of sp³-hybridized carbons (Fsp3) is 0.0952. The zero-order chi connectivity index (χ0) is 17.5. The van der Waals surface area contributed by atoms with Gasteiger partial charge in [-0.3, -0.25) is 9.63 Å². The average Bonchev–Trinajstić information content (AvgIpc) is 2.69. The van der Waals surface area contributed by atoms with E-state index < -0.39 is 0 Å². The standard InChI is InChI=1S/C21H20N2O2/c22-14-17-11-12-19(20(13-17)18-9-5-2-6-10-18)21(24)23-25-15-16-7-3-1-4-8-16/h1-13H,14-15,22H2,(H,23,24). The van der Waals surface area contributed by atoms with Crippen molar-refractivity contribution in [2.45, 2.75) is 13.2 Å². The van der Waals surface area contributed by atoms with E-state index in [1.54, 1.807) is 6.07 Å². The highest BCUT2D eigenvalue weighted by Gasteiger charge is 2.13. The molecule has 0 saturated carbocycles. The maximum atomic E-state index is 12.6. The molecule has 0 aliphatic heterocycles. The van der Waals surface area contributed by atoms with Gasteiger partial charge < -0.3 is 5.73 Å². The molecule has 0 bridgehead atoms. The van der Waals surface area contributed by atoms with Crippen LogP contribution in [-0.4, -0.2) is 5.91 Å². The van der Waals surface area contributed by atoms with Crippen molar-refractivity contribution in [1.29, 1.82) is 0 Å². The summed E-state index contributed by atoms with van der Waals surface area (Å²) in [6, 6.07) is 25.0. The van der Waals surface area contributed by atoms with E-state index in [1.807, 2.05) is 72.8 Å². The predicted molar refractivity (Wildman–Crippen MR) is 98.5 cm³/mol. The molecule has 4 nitrogen and oxygen atoms in total. The van der Waals surface area contributed by atoms with Crippen LogP contribution in [0.4, 0.5) is 0 Å². The fourth-order valence-electron chi connectivity index (χ4n) is 2.59. The number of rotatable bonds is 6. The lowest BCUT2D eigenvalue weighted by atomic mass is 9.97. The van der Waals surface area contributed by atoms with Gasteiger partial charge in [0, 0.05) is 12.1 Å². The van der Waals surface area contributed by atoms with Crippen LogP contribution in [0, 0.1) is 0 Å². The Balaban J connectivity index is 1.77. The quantitative estimate of drug-likeness (QED) is 0.677. The minimum absolute atomic E-state index is 0.279. The Morgan fingerprint density at radius 2 is 1.56 bits per heavy atom. The molecule has 0 aromatic heterocycles. The molecule has 25 heavy (non-hydrogen) atoms. The SMILES string of the molecule is NCc1ccc(C(=O)NOCc2ccccc2)c(-c2ccccc2)c1. The Morgan fingerprint density at radius 1 is 0.880 bits per heavy atom. The summed E-state index contributed by atoms with van der Waals surface area (Å²) >= 11 is 0. The lowest BCUT2D eigenvalue weighted by Crippen LogP contribution is -2.24. The van der Waals surface area contributed by atoms with Gasteiger partial charge in [-0.2, -0.15) is 0 Å². The summed E-state index contributed by atoms with van der Waals surface area (Å²) in [4.78, 5) is 17.9. The van der Waals surface area contributed by atoms with Crippen molar-refractivity contribution in [3.05, 3.63) is 95.6 Å². The number of hydroxylamine groups is 1. The molecule has 1 amide bonds. The van der Waals surface area contributed by atoms with E-state index in [1.165, 1.54) is 0 Å². The number of hydrogen-bond donors (Lipinski definition) is 2. The Kier molecular flexibility index (Phi) is 5.57. The van der Waals surface area contributed by atoms with Crippen LogP contribution in [0.3, 0.4) is 0 Å². The maximum absolute atomic E-state index is 12.6. The summed E-state index contributed by atoms with van der Waals surface area (Å²) < 4.78 is 0. The Hall–Kier alpha value is -2.95. The first-order chi connectivity index (χ1) is 12.3. The van der Waals surface area contributed by atoms with E-state index in [9.17, 15) is 4.79 Å². The van der Waals surface area contributed by atoms with Gasteiger partial charge in [-0.05, 0) is 34.4 Å². The highest BCUT2D eigenvalue weighted by Crippen LogP contribution is 2.25. The van der Waals surface area contributed by atoms with Crippen LogP contribution < -0.4 is 11.2 Å². The molecule has 0 saturated heterocycles. The molecular formula is C21H20N2O2. The van der Waals surface area contributed by atoms with Gasteiger partial charge in [-0.15, -0.1) is 0 Å². The molecule has 0 radical (unpaired) electrons. The van der Waals surface area contributed by atoms with E-state index in [-0.39, 0.29) is 5.91 Å². The number of carbonyl (C=O) groups excluding carboxylic acids is 1. The minimum atomic E-state index is -0.279. The van der Waals surface area contributed by atoms with E-state index >= 15 is 0 Å². The molecule has 0 aliphatic carbocycles. The highest BCUT2D eigenvalue weighted by atomic mass is 16.6. The molecule has 0 aliphatic rings. The van der Waals surface area contributed by atoms with Gasteiger partial charge >= 0.3 is 0 Å². The summed E-state index contributed by atoms with van der Waals surface area (Å²) in [6.45, 7) is 0.736. The van der Waals surface area contributed by atoms with Gasteiger partial charge in [0.15, 0.2) is 0 Å². The first kappa shape index (κ1) is 16.9. The van der Waals surface area contributed by atoms with Crippen molar-refractivity contribution in [2.75, 3.05) is 0 Å². The van der Waals surface area contributed by atoms with Crippen LogP contribution >= 0.6 is 0 Å². The van der Waals surface area contributed by atoms with Crippen LogP contribution in [0.25, 0.3) is 11.1 Å². The number of benzene rings is 3. The molecule has 3 aromatic rings. The zero-order valence-electron chi connectivity index (χ0n) is 13.8. The number of amides is 1. The van der Waals surface area contributed by atoms with Crippen LogP contribution in [0.15, 0.2) is 78.9 Å². The van der Waals surface area contributed by atoms with Crippen LogP contribution in [0.5, 0.6) is 0 Å². The number of hydrogen-bond acceptors (Lipinski definition) is 3. The second-order valence-electron chi connectivity index (χ2n) is 5.66. The maximum Gasteiger partial charge on any atom is 0.275 e. The second-order valence-corrected chi connectivity index (χ2v) is 5.66. The third kappa shape index (κ3) is 4.32. The number of nitrogens with one attached hydrogen (secondary N) is 1. The van der Waals surface area contributed by atoms with Gasteiger partial charge in [0.1, 0.15) is 0 Å². The zero-order valence-corrected chi connectivity index (χ0v) is 13.8. The lowest BCUT2D eigenvalue weighted by Gasteiger charge is -2.12. The van der Waals surface area contributed by atoms with Crippen molar-refractivity contribution in [2.24, 2.45) is 5.73 Å². The molecule has 3 rings (SSSR count). The van der Waals surface area contributed by atoms with Crippen molar-refractivity contribution < 1.29 is 9.63 Å². The second kappa shape index (κ2) is 8.24. The van der Waals surface area contributed by atoms with Crippen molar-refractivity contribution >= 4 is 5.91 Å². The van der Waals surface area contributed by atoms with E-state index in [2.05, 4.69) is 5.48 Å². The first-order valence-electron chi connectivity index (χ1n) is 8.12. The van der Waals surface area contributed by atoms with Gasteiger partial charge in [0.2, 0.25) is 0 Å². The minimum Gasteiger partial charge on any atom is -0.326 e. The largest absolute Gasteiger partial charge is 0.326 e. The fourth-order valence-corrected chi connectivity index (χ4v) is 2.59. The Labute approximate surface area is 147 Å². The highest BCUT2D eigenvalue weighted by molar-refractivity contribution is 6.00. The summed E-state index contributed by atoms with van der Waals surface area (Å²) in [5, 5.41) is 0. The third-order valence-corrected chi connectivity index (χ3v) is 3.90. The molecule has 3 N–H and O–H groups in total. The molecular weight excluding hydrogens is 312 g/mol. The molecule has 0 spiro atoms. The third-order valence-electron chi connectivity index (χ3n) is 3.90. The average molecular weight is 332 g/mol. The summed E-state index contributed by atoms with van der Waals surface area (Å²) in [5.41, 5.74) is 12.6. The molecule has 0 unspecified atom stereocenters. The van der Waals surface area contributed by atoms with Crippen molar-refractivity contribution in [1.82, 2.24) is 5.48 Å². The van der Waals surface area contributed by atoms with Crippen molar-refractivity contribution in [3.8, 4) is 11.1 Å². The Morgan fingerprint density at radius 3 is 2.24 bits per heavy atom. The molecule has 0 atom stereocenters. The smallest absolute Gasteiger partial charge is 0.275 e. The van der Waals surface area contributed by atoms with Gasteiger partial charge in [0.05, 0.1) is 6.61 Å². The normalized spacial score (nSPS) is 10.4. The first-order valence-corrected chi connectivity index (χ1v) is 8.12. The summed E-state index contributed by atoms with van der Waals surface area (Å²) in [5.74, 6) is -0.279. The monoisotopic (exact) mass is 332 g/mol. The van der Waals surface area contributed by atoms with Crippen LogP contribution in [0.1, 0.15) is 21.5 Å². The predicted octanol–water partition coefficient (Wildman–Crippen LogP) is 3.67. The van der Waals surface area contributed by atoms with Crippen LogP contribution in [0.2, 0.25) is 0 Å². The molecule has 3 aromatic carbocycles. The molecule has 4 heteroatoms. The van der Waals surface area contributed by atoms with E-state index in [4.69, 9.17) is 10.6 Å². The number of carbonyl (C=O) groups is 1. The van der Waals surface area contributed by atoms with Gasteiger partial charge in [-0.1, -0.05) is 66.7 Å². The summed E-state index contributed by atoms with van der Waals surface area (Å²) in [6.07, 6.45) is 0. The molecule has 126 valence electrons. The van der Waals surface area contributed by atoms with Gasteiger partial charge in [0.25, 0.3) is 5.91 Å². The van der Waals surface area contributed by atoms with Gasteiger partial charge in [-0.25, -0.2) is 5.48 Å². The van der Waals surface area contributed by atoms with E-state index in [0.29, 0.717) is 18.7 Å².